The molecule has 1 saturated carbocycles. The van der Waals surface area contributed by atoms with Gasteiger partial charge in [0.2, 0.25) is 5.88 Å². The molecule has 136 valence electrons. The molecule has 3 aliphatic rings. The lowest BCUT2D eigenvalue weighted by molar-refractivity contribution is 0.290. The van der Waals surface area contributed by atoms with E-state index in [1.165, 1.54) is 12.5 Å². The van der Waals surface area contributed by atoms with Gasteiger partial charge in [0.1, 0.15) is 12.4 Å². The molecule has 1 aliphatic carbocycles. The Morgan fingerprint density at radius 1 is 1.31 bits per heavy atom. The lowest BCUT2D eigenvalue weighted by atomic mass is 9.91. The quantitative estimate of drug-likeness (QED) is 0.842. The number of nitrogens with zero attached hydrogens (tertiary/aromatic N) is 3. The summed E-state index contributed by atoms with van der Waals surface area (Å²) in [5.41, 5.74) is 0.194. The normalized spacial score (nSPS) is 27.9. The number of anilines is 1. The third-order valence-electron chi connectivity index (χ3n) is 6.06. The first-order valence-electron chi connectivity index (χ1n) is 8.99. The van der Waals surface area contributed by atoms with Gasteiger partial charge < -0.3 is 9.64 Å². The highest BCUT2D eigenvalue weighted by Gasteiger charge is 2.62. The molecule has 0 bridgehead atoms. The van der Waals surface area contributed by atoms with Gasteiger partial charge in [-0.25, -0.2) is 13.6 Å². The van der Waals surface area contributed by atoms with Crippen LogP contribution in [0.25, 0.3) is 0 Å². The zero-order valence-electron chi connectivity index (χ0n) is 14.4. The van der Waals surface area contributed by atoms with Gasteiger partial charge in [0, 0.05) is 12.1 Å². The molecule has 5 rings (SSSR count). The van der Waals surface area contributed by atoms with E-state index in [1.54, 1.807) is 10.6 Å². The first-order chi connectivity index (χ1) is 12.5. The Hall–Kier alpha value is -2.44. The van der Waals surface area contributed by atoms with Crippen LogP contribution in [0.5, 0.6) is 5.88 Å². The zero-order chi connectivity index (χ0) is 18.1. The smallest absolute Gasteiger partial charge is 0.352 e. The van der Waals surface area contributed by atoms with Crippen LogP contribution in [-0.4, -0.2) is 21.1 Å². The van der Waals surface area contributed by atoms with Crippen LogP contribution in [0.3, 0.4) is 0 Å². The van der Waals surface area contributed by atoms with E-state index in [0.717, 1.165) is 36.7 Å². The molecule has 3 atom stereocenters. The van der Waals surface area contributed by atoms with Crippen LogP contribution in [0.2, 0.25) is 0 Å². The Kier molecular flexibility index (Phi) is 3.21. The molecule has 1 aromatic carbocycles. The number of rotatable bonds is 4. The van der Waals surface area contributed by atoms with Crippen molar-refractivity contribution in [1.29, 1.82) is 0 Å². The molecular formula is C19H19F2N3O2. The molecule has 1 saturated heterocycles. The van der Waals surface area contributed by atoms with E-state index in [2.05, 4.69) is 16.8 Å². The van der Waals surface area contributed by atoms with Crippen LogP contribution in [0.1, 0.15) is 31.7 Å². The number of hydrogen-bond acceptors (Lipinski definition) is 4. The summed E-state index contributed by atoms with van der Waals surface area (Å²) in [5.74, 6) is 0.0156. The zero-order valence-corrected chi connectivity index (χ0v) is 14.4. The van der Waals surface area contributed by atoms with Crippen LogP contribution >= 0.6 is 0 Å². The highest BCUT2D eigenvalue weighted by atomic mass is 19.2. The lowest BCUT2D eigenvalue weighted by Gasteiger charge is -2.34. The summed E-state index contributed by atoms with van der Waals surface area (Å²) in [5, 5.41) is 0. The Balaban J connectivity index is 1.43. The number of benzene rings is 1. The van der Waals surface area contributed by atoms with Crippen molar-refractivity contribution < 1.29 is 13.5 Å². The van der Waals surface area contributed by atoms with Crippen LogP contribution in [0, 0.1) is 17.6 Å². The average molecular weight is 359 g/mol. The minimum absolute atomic E-state index is 0.0259. The van der Waals surface area contributed by atoms with Gasteiger partial charge in [-0.1, -0.05) is 13.0 Å². The molecule has 7 heteroatoms. The number of fused-ring (bicyclic) bond motifs is 5. The van der Waals surface area contributed by atoms with Gasteiger partial charge in [-0.05, 0) is 42.9 Å². The summed E-state index contributed by atoms with van der Waals surface area (Å²) in [6, 6.07) is 5.93. The van der Waals surface area contributed by atoms with Crippen molar-refractivity contribution in [2.75, 3.05) is 4.90 Å². The summed E-state index contributed by atoms with van der Waals surface area (Å²) < 4.78 is 33.7. The molecule has 1 aromatic heterocycles. The van der Waals surface area contributed by atoms with E-state index >= 15 is 0 Å². The fourth-order valence-electron chi connectivity index (χ4n) is 4.66. The Morgan fingerprint density at radius 2 is 2.15 bits per heavy atom. The largest absolute Gasteiger partial charge is 0.473 e. The average Bonchev–Trinajstić information content (AvgIpc) is 3.16. The second kappa shape index (κ2) is 5.28. The maximum atomic E-state index is 13.3. The van der Waals surface area contributed by atoms with Gasteiger partial charge in [-0.2, -0.15) is 4.98 Å². The molecular weight excluding hydrogens is 340 g/mol. The predicted octanol–water partition coefficient (Wildman–Crippen LogP) is 2.86. The second-order valence-corrected chi connectivity index (χ2v) is 7.57. The molecule has 2 aliphatic heterocycles. The van der Waals surface area contributed by atoms with Crippen molar-refractivity contribution in [2.24, 2.45) is 5.92 Å². The van der Waals surface area contributed by atoms with Crippen LogP contribution < -0.4 is 15.3 Å². The number of ether oxygens (including phenoxy) is 1. The number of piperidine rings is 1. The molecule has 2 fully saturated rings. The second-order valence-electron chi connectivity index (χ2n) is 7.57. The summed E-state index contributed by atoms with van der Waals surface area (Å²) >= 11 is 0. The molecule has 0 radical (unpaired) electrons. The van der Waals surface area contributed by atoms with Gasteiger partial charge in [0.25, 0.3) is 0 Å². The van der Waals surface area contributed by atoms with Gasteiger partial charge in [-0.3, -0.25) is 4.57 Å². The minimum Gasteiger partial charge on any atom is -0.473 e. The van der Waals surface area contributed by atoms with Crippen LogP contribution in [0.4, 0.5) is 14.6 Å². The van der Waals surface area contributed by atoms with E-state index in [9.17, 15) is 13.6 Å². The Labute approximate surface area is 149 Å². The number of halogens is 2. The molecule has 3 unspecified atom stereocenters. The molecule has 3 heterocycles. The van der Waals surface area contributed by atoms with Gasteiger partial charge in [0.05, 0.1) is 12.1 Å². The van der Waals surface area contributed by atoms with Crippen molar-refractivity contribution in [3.63, 3.8) is 0 Å². The number of aromatic nitrogens is 2. The molecule has 0 spiro atoms. The Morgan fingerprint density at radius 3 is 2.92 bits per heavy atom. The van der Waals surface area contributed by atoms with E-state index in [1.807, 2.05) is 0 Å². The van der Waals surface area contributed by atoms with Crippen molar-refractivity contribution in [3.05, 3.63) is 51.9 Å². The molecule has 26 heavy (non-hydrogen) atoms. The molecule has 5 nitrogen and oxygen atoms in total. The standard InChI is InChI=1S/C19H19F2N3O2/c1-2-19-8-12-6-15(12)24(19)17-7-16(22-18(25)23(17)10-19)26-9-11-3-4-13(20)14(21)5-11/h3-5,7,12,15H,2,6,8-10H2,1H3. The third kappa shape index (κ3) is 2.19. The van der Waals surface area contributed by atoms with Gasteiger partial charge in [-0.15, -0.1) is 0 Å². The molecule has 2 aromatic rings. The monoisotopic (exact) mass is 359 g/mol. The topological polar surface area (TPSA) is 47.4 Å². The predicted molar refractivity (Wildman–Crippen MR) is 91.2 cm³/mol. The van der Waals surface area contributed by atoms with E-state index in [4.69, 9.17) is 4.74 Å². The minimum atomic E-state index is -0.919. The fraction of sp³-hybridized carbons (Fsp3) is 0.474. The lowest BCUT2D eigenvalue weighted by Crippen LogP contribution is -2.43. The first-order valence-corrected chi connectivity index (χ1v) is 8.99. The van der Waals surface area contributed by atoms with E-state index < -0.39 is 11.6 Å². The summed E-state index contributed by atoms with van der Waals surface area (Å²) in [6.07, 6.45) is 3.30. The summed E-state index contributed by atoms with van der Waals surface area (Å²) in [4.78, 5) is 18.9. The van der Waals surface area contributed by atoms with Gasteiger partial charge in [0.15, 0.2) is 11.6 Å². The molecule has 0 amide bonds. The SMILES string of the molecule is CCC12CC3CC3N1c1cc(OCc3ccc(F)c(F)c3)nc(=O)n1C2. The third-order valence-corrected chi connectivity index (χ3v) is 6.06. The first kappa shape index (κ1) is 15.8. The highest BCUT2D eigenvalue weighted by molar-refractivity contribution is 5.55. The highest BCUT2D eigenvalue weighted by Crippen LogP contribution is 2.58. The Bertz CT molecular complexity index is 960. The maximum absolute atomic E-state index is 13.3. The van der Waals surface area contributed by atoms with Crippen molar-refractivity contribution in [2.45, 2.75) is 50.9 Å². The number of hydrogen-bond donors (Lipinski definition) is 0. The summed E-state index contributed by atoms with van der Waals surface area (Å²) in [7, 11) is 0. The van der Waals surface area contributed by atoms with Crippen molar-refractivity contribution >= 4 is 5.82 Å². The van der Waals surface area contributed by atoms with Crippen LogP contribution in [-0.2, 0) is 13.2 Å². The van der Waals surface area contributed by atoms with Gasteiger partial charge >= 0.3 is 5.69 Å². The van der Waals surface area contributed by atoms with Crippen molar-refractivity contribution in [1.82, 2.24) is 9.55 Å². The molecule has 0 N–H and O–H groups in total. The fourth-order valence-corrected chi connectivity index (χ4v) is 4.66. The van der Waals surface area contributed by atoms with Crippen molar-refractivity contribution in [3.8, 4) is 5.88 Å². The van der Waals surface area contributed by atoms with E-state index in [0.29, 0.717) is 18.2 Å². The van der Waals surface area contributed by atoms with Crippen LogP contribution in [0.15, 0.2) is 29.1 Å². The maximum Gasteiger partial charge on any atom is 0.352 e. The summed E-state index contributed by atoms with van der Waals surface area (Å²) in [6.45, 7) is 2.88. The van der Waals surface area contributed by atoms with E-state index in [-0.39, 0.29) is 23.7 Å².